The van der Waals surface area contributed by atoms with Crippen molar-refractivity contribution in [3.63, 3.8) is 0 Å². The van der Waals surface area contributed by atoms with Crippen LogP contribution in [0.3, 0.4) is 0 Å². The van der Waals surface area contributed by atoms with Gasteiger partial charge in [-0.15, -0.1) is 0 Å². The normalized spacial score (nSPS) is 15.5. The fourth-order valence-electron chi connectivity index (χ4n) is 3.70. The lowest BCUT2D eigenvalue weighted by Crippen LogP contribution is -2.38. The van der Waals surface area contributed by atoms with Crippen LogP contribution >= 0.6 is 11.3 Å². The minimum Gasteiger partial charge on any atom is -0.338 e. The minimum atomic E-state index is -0.260. The number of rotatable bonds is 3. The van der Waals surface area contributed by atoms with Crippen molar-refractivity contribution in [1.82, 2.24) is 14.3 Å². The van der Waals surface area contributed by atoms with Gasteiger partial charge < -0.3 is 4.90 Å². The highest BCUT2D eigenvalue weighted by atomic mass is 32.1. The molecule has 0 bridgehead atoms. The van der Waals surface area contributed by atoms with E-state index in [4.69, 9.17) is 0 Å². The summed E-state index contributed by atoms with van der Waals surface area (Å²) in [4.78, 5) is 21.1. The number of hydrogen-bond donors (Lipinski definition) is 0. The molecule has 4 nitrogen and oxygen atoms in total. The molecule has 2 heterocycles. The van der Waals surface area contributed by atoms with E-state index in [2.05, 4.69) is 4.98 Å². The van der Waals surface area contributed by atoms with Gasteiger partial charge in [0.1, 0.15) is 10.7 Å². The lowest BCUT2D eigenvalue weighted by atomic mass is 9.94. The van der Waals surface area contributed by atoms with Gasteiger partial charge in [0.2, 0.25) is 0 Å². The summed E-state index contributed by atoms with van der Waals surface area (Å²) in [6.07, 6.45) is 7.80. The van der Waals surface area contributed by atoms with Gasteiger partial charge in [-0.25, -0.2) is 9.37 Å². The molecular weight excluding hydrogens is 349 g/mol. The monoisotopic (exact) mass is 371 g/mol. The van der Waals surface area contributed by atoms with Crippen molar-refractivity contribution in [3.05, 3.63) is 46.9 Å². The number of carbonyl (C=O) groups excluding carboxylic acids is 1. The smallest absolute Gasteiger partial charge is 0.265 e. The Morgan fingerprint density at radius 2 is 1.92 bits per heavy atom. The Labute approximate surface area is 156 Å². The number of carbonyl (C=O) groups is 1. The van der Waals surface area contributed by atoms with E-state index in [0.717, 1.165) is 39.6 Å². The summed E-state index contributed by atoms with van der Waals surface area (Å²) in [6.45, 7) is 1.96. The first-order chi connectivity index (χ1) is 12.5. The van der Waals surface area contributed by atoms with Crippen LogP contribution in [0.2, 0.25) is 0 Å². The lowest BCUT2D eigenvalue weighted by Gasteiger charge is -2.31. The maximum Gasteiger partial charge on any atom is 0.265 e. The van der Waals surface area contributed by atoms with Crippen molar-refractivity contribution in [2.75, 3.05) is 7.05 Å². The van der Waals surface area contributed by atoms with Crippen LogP contribution in [0.4, 0.5) is 4.39 Å². The molecule has 0 aliphatic heterocycles. The molecule has 4 rings (SSSR count). The number of aromatic nitrogens is 2. The molecule has 3 aromatic rings. The molecule has 1 amide bonds. The van der Waals surface area contributed by atoms with E-state index < -0.39 is 0 Å². The summed E-state index contributed by atoms with van der Waals surface area (Å²) in [5, 5.41) is 0. The maximum absolute atomic E-state index is 13.1. The van der Waals surface area contributed by atoms with Crippen LogP contribution in [0.15, 0.2) is 30.5 Å². The zero-order valence-electron chi connectivity index (χ0n) is 15.0. The maximum atomic E-state index is 13.1. The molecule has 0 atom stereocenters. The van der Waals surface area contributed by atoms with Gasteiger partial charge in [0.05, 0.1) is 5.69 Å². The number of amides is 1. The first-order valence-electron chi connectivity index (χ1n) is 9.06. The SMILES string of the molecule is Cc1c(C(=O)N(C)C2CCCCC2)sc2nc(-c3ccc(F)cc3)cn12. The predicted molar refractivity (Wildman–Crippen MR) is 102 cm³/mol. The van der Waals surface area contributed by atoms with E-state index in [0.29, 0.717) is 6.04 Å². The molecule has 0 unspecified atom stereocenters. The Balaban J connectivity index is 1.62. The summed E-state index contributed by atoms with van der Waals surface area (Å²) >= 11 is 1.43. The second-order valence-electron chi connectivity index (χ2n) is 7.01. The van der Waals surface area contributed by atoms with Crippen LogP contribution in [0.5, 0.6) is 0 Å². The highest BCUT2D eigenvalue weighted by molar-refractivity contribution is 7.19. The summed E-state index contributed by atoms with van der Waals surface area (Å²) < 4.78 is 15.1. The number of aryl methyl sites for hydroxylation is 1. The van der Waals surface area contributed by atoms with E-state index in [1.165, 1.54) is 42.7 Å². The highest BCUT2D eigenvalue weighted by Gasteiger charge is 2.26. The van der Waals surface area contributed by atoms with E-state index in [-0.39, 0.29) is 11.7 Å². The van der Waals surface area contributed by atoms with E-state index in [1.54, 1.807) is 12.1 Å². The van der Waals surface area contributed by atoms with E-state index in [1.807, 2.05) is 29.5 Å². The molecule has 136 valence electrons. The number of fused-ring (bicyclic) bond motifs is 1. The largest absolute Gasteiger partial charge is 0.338 e. The summed E-state index contributed by atoms with van der Waals surface area (Å²) in [5.74, 6) is -0.169. The molecule has 0 saturated heterocycles. The number of benzene rings is 1. The molecule has 1 aliphatic carbocycles. The van der Waals surface area contributed by atoms with Crippen molar-refractivity contribution in [3.8, 4) is 11.3 Å². The van der Waals surface area contributed by atoms with Gasteiger partial charge in [-0.2, -0.15) is 0 Å². The van der Waals surface area contributed by atoms with Crippen LogP contribution in [0.25, 0.3) is 16.2 Å². The summed E-state index contributed by atoms with van der Waals surface area (Å²) in [7, 11) is 1.92. The summed E-state index contributed by atoms with van der Waals surface area (Å²) in [5.41, 5.74) is 2.58. The Morgan fingerprint density at radius 3 is 2.58 bits per heavy atom. The van der Waals surface area contributed by atoms with Crippen molar-refractivity contribution < 1.29 is 9.18 Å². The topological polar surface area (TPSA) is 37.6 Å². The molecule has 26 heavy (non-hydrogen) atoms. The van der Waals surface area contributed by atoms with Gasteiger partial charge >= 0.3 is 0 Å². The molecule has 1 fully saturated rings. The minimum absolute atomic E-state index is 0.0910. The van der Waals surface area contributed by atoms with E-state index >= 15 is 0 Å². The average Bonchev–Trinajstić information content (AvgIpc) is 3.21. The fourth-order valence-corrected chi connectivity index (χ4v) is 4.79. The van der Waals surface area contributed by atoms with Crippen molar-refractivity contribution in [2.45, 2.75) is 45.1 Å². The quantitative estimate of drug-likeness (QED) is 0.656. The molecule has 0 spiro atoms. The highest BCUT2D eigenvalue weighted by Crippen LogP contribution is 2.30. The molecular formula is C20H22FN3OS. The second-order valence-corrected chi connectivity index (χ2v) is 7.99. The number of thiazole rings is 1. The zero-order valence-corrected chi connectivity index (χ0v) is 15.9. The van der Waals surface area contributed by atoms with Crippen LogP contribution < -0.4 is 0 Å². The molecule has 6 heteroatoms. The zero-order chi connectivity index (χ0) is 18.3. The molecule has 1 aliphatic rings. The third-order valence-electron chi connectivity index (χ3n) is 5.33. The molecule has 0 N–H and O–H groups in total. The Morgan fingerprint density at radius 1 is 1.23 bits per heavy atom. The van der Waals surface area contributed by atoms with Crippen molar-refractivity contribution in [2.24, 2.45) is 0 Å². The van der Waals surface area contributed by atoms with Crippen LogP contribution in [-0.4, -0.2) is 33.3 Å². The van der Waals surface area contributed by atoms with Crippen LogP contribution in [0.1, 0.15) is 47.5 Å². The van der Waals surface area contributed by atoms with Gasteiger partial charge in [-0.3, -0.25) is 9.20 Å². The number of hydrogen-bond acceptors (Lipinski definition) is 3. The van der Waals surface area contributed by atoms with Crippen LogP contribution in [0, 0.1) is 12.7 Å². The molecule has 1 saturated carbocycles. The number of halogens is 1. The molecule has 0 radical (unpaired) electrons. The fraction of sp³-hybridized carbons (Fsp3) is 0.400. The third kappa shape index (κ3) is 3.03. The van der Waals surface area contributed by atoms with Crippen LogP contribution in [-0.2, 0) is 0 Å². The van der Waals surface area contributed by atoms with Crippen molar-refractivity contribution >= 4 is 22.2 Å². The number of nitrogens with zero attached hydrogens (tertiary/aromatic N) is 3. The number of imidazole rings is 1. The standard InChI is InChI=1S/C20H22FN3OS/c1-13-18(19(25)23(2)16-6-4-3-5-7-16)26-20-22-17(12-24(13)20)14-8-10-15(21)11-9-14/h8-12,16H,3-7H2,1-2H3. The van der Waals surface area contributed by atoms with Gasteiger partial charge in [0.25, 0.3) is 5.91 Å². The first kappa shape index (κ1) is 17.2. The first-order valence-corrected chi connectivity index (χ1v) is 9.88. The van der Waals surface area contributed by atoms with Gasteiger partial charge in [-0.1, -0.05) is 30.6 Å². The lowest BCUT2D eigenvalue weighted by molar-refractivity contribution is 0.0700. The van der Waals surface area contributed by atoms with Gasteiger partial charge in [-0.05, 0) is 44.0 Å². The molecule has 1 aromatic carbocycles. The average molecular weight is 371 g/mol. The molecule has 2 aromatic heterocycles. The van der Waals surface area contributed by atoms with Gasteiger partial charge in [0, 0.05) is 30.5 Å². The third-order valence-corrected chi connectivity index (χ3v) is 6.48. The van der Waals surface area contributed by atoms with E-state index in [9.17, 15) is 9.18 Å². The second kappa shape index (κ2) is 6.83. The van der Waals surface area contributed by atoms with Gasteiger partial charge in [0.15, 0.2) is 4.96 Å². The predicted octanol–water partition coefficient (Wildman–Crippen LogP) is 4.92. The summed E-state index contributed by atoms with van der Waals surface area (Å²) in [6, 6.07) is 6.66. The Hall–Kier alpha value is -2.21. The van der Waals surface area contributed by atoms with Crippen molar-refractivity contribution in [1.29, 1.82) is 0 Å². The Kier molecular flexibility index (Phi) is 4.53. The Bertz CT molecular complexity index is 938.